The molecule has 0 spiro atoms. The SMILES string of the molecule is CCC(NC(=O)C(O)C(C)(C)N)c1cccc2cc[nH]c12. The Morgan fingerprint density at radius 3 is 2.76 bits per heavy atom. The molecule has 0 radical (unpaired) electrons. The second kappa shape index (κ2) is 5.87. The van der Waals surface area contributed by atoms with Crippen LogP contribution in [0.25, 0.3) is 10.9 Å². The van der Waals surface area contributed by atoms with Crippen LogP contribution in [0.1, 0.15) is 38.8 Å². The van der Waals surface area contributed by atoms with Gasteiger partial charge >= 0.3 is 0 Å². The fraction of sp³-hybridized carbons (Fsp3) is 0.438. The Bertz CT molecular complexity index is 628. The molecule has 0 aliphatic carbocycles. The molecular formula is C16H23N3O2. The molecule has 1 amide bonds. The number of aromatic amines is 1. The zero-order valence-electron chi connectivity index (χ0n) is 12.7. The number of amides is 1. The molecule has 0 saturated carbocycles. The summed E-state index contributed by atoms with van der Waals surface area (Å²) in [5.74, 6) is -0.446. The van der Waals surface area contributed by atoms with Crippen molar-refractivity contribution < 1.29 is 9.90 Å². The molecule has 2 rings (SSSR count). The van der Waals surface area contributed by atoms with Gasteiger partial charge in [-0.15, -0.1) is 0 Å². The van der Waals surface area contributed by atoms with E-state index in [2.05, 4.69) is 10.3 Å². The summed E-state index contributed by atoms with van der Waals surface area (Å²) >= 11 is 0. The number of nitrogens with one attached hydrogen (secondary N) is 2. The smallest absolute Gasteiger partial charge is 0.251 e. The number of benzene rings is 1. The van der Waals surface area contributed by atoms with Gasteiger partial charge in [-0.3, -0.25) is 4.79 Å². The molecule has 5 N–H and O–H groups in total. The van der Waals surface area contributed by atoms with Crippen molar-refractivity contribution in [2.45, 2.75) is 44.9 Å². The molecule has 0 aliphatic rings. The summed E-state index contributed by atoms with van der Waals surface area (Å²) in [6.45, 7) is 5.25. The van der Waals surface area contributed by atoms with Crippen molar-refractivity contribution >= 4 is 16.8 Å². The summed E-state index contributed by atoms with van der Waals surface area (Å²) in [5.41, 5.74) is 6.84. The number of aromatic nitrogens is 1. The molecule has 1 aromatic heterocycles. The number of nitrogens with two attached hydrogens (primary N) is 1. The summed E-state index contributed by atoms with van der Waals surface area (Å²) in [6, 6.07) is 7.78. The van der Waals surface area contributed by atoms with Crippen LogP contribution >= 0.6 is 0 Å². The lowest BCUT2D eigenvalue weighted by molar-refractivity contribution is -0.132. The van der Waals surface area contributed by atoms with Gasteiger partial charge < -0.3 is 21.1 Å². The number of carbonyl (C=O) groups excluding carboxylic acids is 1. The highest BCUT2D eigenvalue weighted by Gasteiger charge is 2.31. The minimum Gasteiger partial charge on any atom is -0.381 e. The van der Waals surface area contributed by atoms with E-state index in [4.69, 9.17) is 5.73 Å². The van der Waals surface area contributed by atoms with Gasteiger partial charge in [-0.25, -0.2) is 0 Å². The van der Waals surface area contributed by atoms with Crippen LogP contribution in [0.15, 0.2) is 30.5 Å². The highest BCUT2D eigenvalue weighted by atomic mass is 16.3. The number of aliphatic hydroxyl groups is 1. The lowest BCUT2D eigenvalue weighted by atomic mass is 9.96. The Kier molecular flexibility index (Phi) is 4.34. The van der Waals surface area contributed by atoms with Crippen LogP contribution in [0.3, 0.4) is 0 Å². The predicted octanol–water partition coefficient (Wildman–Crippen LogP) is 1.83. The van der Waals surface area contributed by atoms with Crippen molar-refractivity contribution in [3.63, 3.8) is 0 Å². The number of hydrogen-bond acceptors (Lipinski definition) is 3. The first kappa shape index (κ1) is 15.5. The quantitative estimate of drug-likeness (QED) is 0.677. The van der Waals surface area contributed by atoms with E-state index in [-0.39, 0.29) is 6.04 Å². The number of H-pyrrole nitrogens is 1. The lowest BCUT2D eigenvalue weighted by Crippen LogP contribution is -2.53. The van der Waals surface area contributed by atoms with Gasteiger partial charge in [-0.1, -0.05) is 25.1 Å². The normalized spacial score (nSPS) is 14.9. The Morgan fingerprint density at radius 2 is 2.14 bits per heavy atom. The van der Waals surface area contributed by atoms with E-state index in [0.29, 0.717) is 0 Å². The van der Waals surface area contributed by atoms with Crippen LogP contribution in [0.5, 0.6) is 0 Å². The zero-order valence-corrected chi connectivity index (χ0v) is 12.7. The van der Waals surface area contributed by atoms with Gasteiger partial charge in [0.25, 0.3) is 5.91 Å². The largest absolute Gasteiger partial charge is 0.381 e. The van der Waals surface area contributed by atoms with Crippen LogP contribution in [-0.4, -0.2) is 27.6 Å². The second-order valence-corrected chi connectivity index (χ2v) is 5.98. The fourth-order valence-electron chi connectivity index (χ4n) is 2.39. The van der Waals surface area contributed by atoms with Gasteiger partial charge in [0.05, 0.1) is 11.6 Å². The van der Waals surface area contributed by atoms with Crippen LogP contribution in [0.4, 0.5) is 0 Å². The average Bonchev–Trinajstić information content (AvgIpc) is 2.91. The summed E-state index contributed by atoms with van der Waals surface area (Å²) in [6.07, 6.45) is 1.36. The first-order valence-electron chi connectivity index (χ1n) is 7.18. The van der Waals surface area contributed by atoms with Gasteiger partial charge in [-0.2, -0.15) is 0 Å². The first-order chi connectivity index (χ1) is 9.84. The summed E-state index contributed by atoms with van der Waals surface area (Å²) < 4.78 is 0. The maximum Gasteiger partial charge on any atom is 0.251 e. The van der Waals surface area contributed by atoms with E-state index >= 15 is 0 Å². The molecule has 114 valence electrons. The second-order valence-electron chi connectivity index (χ2n) is 5.98. The van der Waals surface area contributed by atoms with E-state index in [1.807, 2.05) is 37.4 Å². The van der Waals surface area contributed by atoms with Crippen LogP contribution in [0.2, 0.25) is 0 Å². The minimum atomic E-state index is -1.24. The molecule has 2 aromatic rings. The lowest BCUT2D eigenvalue weighted by Gasteiger charge is -2.27. The molecule has 2 atom stereocenters. The maximum absolute atomic E-state index is 12.2. The molecule has 0 bridgehead atoms. The number of carbonyl (C=O) groups is 1. The molecule has 5 heteroatoms. The molecule has 5 nitrogen and oxygen atoms in total. The highest BCUT2D eigenvalue weighted by Crippen LogP contribution is 2.25. The van der Waals surface area contributed by atoms with Crippen LogP contribution in [0, 0.1) is 0 Å². The zero-order chi connectivity index (χ0) is 15.6. The van der Waals surface area contributed by atoms with Gasteiger partial charge in [-0.05, 0) is 37.3 Å². The standard InChI is InChI=1S/C16H23N3O2/c1-4-12(19-15(21)14(20)16(2,3)17)11-7-5-6-10-8-9-18-13(10)11/h5-9,12,14,18,20H,4,17H2,1-3H3,(H,19,21). The van der Waals surface area contributed by atoms with Crippen molar-refractivity contribution in [2.24, 2.45) is 5.73 Å². The Morgan fingerprint density at radius 1 is 1.43 bits per heavy atom. The highest BCUT2D eigenvalue weighted by molar-refractivity contribution is 5.85. The average molecular weight is 289 g/mol. The van der Waals surface area contributed by atoms with Crippen LogP contribution < -0.4 is 11.1 Å². The number of aliphatic hydroxyl groups excluding tert-OH is 1. The van der Waals surface area contributed by atoms with Crippen LogP contribution in [-0.2, 0) is 4.79 Å². The van der Waals surface area contributed by atoms with Crippen molar-refractivity contribution in [1.82, 2.24) is 10.3 Å². The molecule has 0 fully saturated rings. The maximum atomic E-state index is 12.2. The van der Waals surface area contributed by atoms with Gasteiger partial charge in [0.1, 0.15) is 6.10 Å². The molecule has 1 heterocycles. The number of rotatable bonds is 5. The summed E-state index contributed by atoms with van der Waals surface area (Å²) in [5, 5.41) is 14.0. The van der Waals surface area contributed by atoms with Crippen molar-refractivity contribution in [2.75, 3.05) is 0 Å². The van der Waals surface area contributed by atoms with E-state index in [1.165, 1.54) is 0 Å². The molecule has 0 saturated heterocycles. The van der Waals surface area contributed by atoms with E-state index in [0.717, 1.165) is 22.9 Å². The first-order valence-corrected chi connectivity index (χ1v) is 7.18. The Labute approximate surface area is 124 Å². The fourth-order valence-corrected chi connectivity index (χ4v) is 2.39. The van der Waals surface area contributed by atoms with Crippen molar-refractivity contribution in [3.05, 3.63) is 36.0 Å². The number of hydrogen-bond donors (Lipinski definition) is 4. The topological polar surface area (TPSA) is 91.1 Å². The predicted molar refractivity (Wildman–Crippen MR) is 83.7 cm³/mol. The van der Waals surface area contributed by atoms with Crippen molar-refractivity contribution in [1.29, 1.82) is 0 Å². The van der Waals surface area contributed by atoms with Crippen molar-refractivity contribution in [3.8, 4) is 0 Å². The Balaban J connectivity index is 2.25. The third-order valence-corrected chi connectivity index (χ3v) is 3.67. The van der Waals surface area contributed by atoms with E-state index < -0.39 is 17.6 Å². The minimum absolute atomic E-state index is 0.170. The van der Waals surface area contributed by atoms with Gasteiger partial charge in [0, 0.05) is 11.7 Å². The molecule has 21 heavy (non-hydrogen) atoms. The monoisotopic (exact) mass is 289 g/mol. The van der Waals surface area contributed by atoms with Gasteiger partial charge in [0.15, 0.2) is 0 Å². The number of para-hydroxylation sites is 1. The van der Waals surface area contributed by atoms with E-state index in [9.17, 15) is 9.90 Å². The third kappa shape index (κ3) is 3.25. The van der Waals surface area contributed by atoms with Gasteiger partial charge in [0.2, 0.25) is 0 Å². The Hall–Kier alpha value is -1.85. The number of fused-ring (bicyclic) bond motifs is 1. The van der Waals surface area contributed by atoms with E-state index in [1.54, 1.807) is 13.8 Å². The third-order valence-electron chi connectivity index (χ3n) is 3.67. The molecular weight excluding hydrogens is 266 g/mol. The molecule has 1 aromatic carbocycles. The molecule has 2 unspecified atom stereocenters. The summed E-state index contributed by atoms with van der Waals surface area (Å²) in [7, 11) is 0. The molecule has 0 aliphatic heterocycles. The summed E-state index contributed by atoms with van der Waals surface area (Å²) in [4.78, 5) is 15.4.